The molecule has 2 aromatic carbocycles. The number of carbonyl (C=O) groups is 2. The van der Waals surface area contributed by atoms with Crippen LogP contribution in [-0.4, -0.2) is 43.5 Å². The number of likely N-dealkylation sites (tertiary alicyclic amines) is 1. The fourth-order valence-corrected chi connectivity index (χ4v) is 3.53. The summed E-state index contributed by atoms with van der Waals surface area (Å²) in [5.41, 5.74) is 1.08. The van der Waals surface area contributed by atoms with E-state index in [1.807, 2.05) is 6.07 Å². The maximum Gasteiger partial charge on any atom is 0.257 e. The Kier molecular flexibility index (Phi) is 7.15. The molecule has 1 aliphatic heterocycles. The van der Waals surface area contributed by atoms with Gasteiger partial charge in [0.15, 0.2) is 6.61 Å². The second-order valence-electron chi connectivity index (χ2n) is 6.87. The average Bonchev–Trinajstić information content (AvgIpc) is 2.78. The first-order chi connectivity index (χ1) is 14.5. The average molecular weight is 428 g/mol. The Morgan fingerprint density at radius 3 is 2.53 bits per heavy atom. The molecule has 1 aliphatic rings. The number of nitrogens with zero attached hydrogens (tertiary/aromatic N) is 2. The summed E-state index contributed by atoms with van der Waals surface area (Å²) in [5.74, 6) is 0.642. The summed E-state index contributed by atoms with van der Waals surface area (Å²) in [6.45, 7) is 0.936. The fraction of sp³-hybridized carbons (Fsp3) is 0.318. The van der Waals surface area contributed by atoms with E-state index in [9.17, 15) is 9.59 Å². The SMILES string of the molecule is COc1ccc(Cl)cc1C(=O)N1CCC(C(=O)Nc2ccc(OCC#N)cc2)CC1. The molecule has 0 saturated carbocycles. The standard InChI is InChI=1S/C22H22ClN3O4/c1-29-20-7-2-16(23)14-19(20)22(28)26-11-8-15(9-12-26)21(27)25-17-3-5-18(6-4-17)30-13-10-24/h2-7,14-15H,8-9,11-13H2,1H3,(H,25,27). The molecule has 0 spiro atoms. The van der Waals surface area contributed by atoms with Gasteiger partial charge in [0.05, 0.1) is 12.7 Å². The molecule has 0 atom stereocenters. The highest BCUT2D eigenvalue weighted by molar-refractivity contribution is 6.31. The molecule has 0 radical (unpaired) electrons. The molecule has 0 unspecified atom stereocenters. The van der Waals surface area contributed by atoms with Crippen LogP contribution in [0.5, 0.6) is 11.5 Å². The molecule has 2 aromatic rings. The van der Waals surface area contributed by atoms with Gasteiger partial charge in [0.2, 0.25) is 5.91 Å². The summed E-state index contributed by atoms with van der Waals surface area (Å²) >= 11 is 6.03. The van der Waals surface area contributed by atoms with Crippen molar-refractivity contribution in [3.63, 3.8) is 0 Å². The number of nitrogens with one attached hydrogen (secondary N) is 1. The molecular weight excluding hydrogens is 406 g/mol. The van der Waals surface area contributed by atoms with E-state index in [0.29, 0.717) is 53.7 Å². The predicted octanol–water partition coefficient (Wildman–Crippen LogP) is 3.74. The van der Waals surface area contributed by atoms with Crippen LogP contribution < -0.4 is 14.8 Å². The lowest BCUT2D eigenvalue weighted by Gasteiger charge is -2.31. The molecule has 1 fully saturated rings. The maximum atomic E-state index is 12.9. The zero-order valence-electron chi connectivity index (χ0n) is 16.6. The van der Waals surface area contributed by atoms with Crippen molar-refractivity contribution in [1.29, 1.82) is 5.26 Å². The summed E-state index contributed by atoms with van der Waals surface area (Å²) in [4.78, 5) is 27.2. The molecule has 3 rings (SSSR count). The molecule has 7 nitrogen and oxygen atoms in total. The molecule has 30 heavy (non-hydrogen) atoms. The minimum Gasteiger partial charge on any atom is -0.496 e. The number of piperidine rings is 1. The molecule has 156 valence electrons. The number of nitriles is 1. The number of hydrogen-bond acceptors (Lipinski definition) is 5. The molecular formula is C22H22ClN3O4. The van der Waals surface area contributed by atoms with Gasteiger partial charge in [-0.3, -0.25) is 9.59 Å². The van der Waals surface area contributed by atoms with Gasteiger partial charge in [-0.25, -0.2) is 0 Å². The monoisotopic (exact) mass is 427 g/mol. The van der Waals surface area contributed by atoms with Gasteiger partial charge < -0.3 is 19.7 Å². The van der Waals surface area contributed by atoms with Gasteiger partial charge in [0.25, 0.3) is 5.91 Å². The number of hydrogen-bond donors (Lipinski definition) is 1. The summed E-state index contributed by atoms with van der Waals surface area (Å²) in [6, 6.07) is 13.7. The second-order valence-corrected chi connectivity index (χ2v) is 7.31. The number of ether oxygens (including phenoxy) is 2. The Labute approximate surface area is 180 Å². The molecule has 1 heterocycles. The van der Waals surface area contributed by atoms with Crippen molar-refractivity contribution in [1.82, 2.24) is 4.90 Å². The Balaban J connectivity index is 1.55. The molecule has 1 saturated heterocycles. The summed E-state index contributed by atoms with van der Waals surface area (Å²) in [5, 5.41) is 11.9. The quantitative estimate of drug-likeness (QED) is 0.758. The lowest BCUT2D eigenvalue weighted by Crippen LogP contribution is -2.41. The normalized spacial score (nSPS) is 14.0. The van der Waals surface area contributed by atoms with Crippen molar-refractivity contribution >= 4 is 29.1 Å². The third-order valence-electron chi connectivity index (χ3n) is 4.97. The highest BCUT2D eigenvalue weighted by atomic mass is 35.5. The first-order valence-corrected chi connectivity index (χ1v) is 9.93. The van der Waals surface area contributed by atoms with Crippen LogP contribution >= 0.6 is 11.6 Å². The number of rotatable bonds is 6. The lowest BCUT2D eigenvalue weighted by atomic mass is 9.95. The number of benzene rings is 2. The third-order valence-corrected chi connectivity index (χ3v) is 5.21. The van der Waals surface area contributed by atoms with Crippen molar-refractivity contribution in [2.45, 2.75) is 12.8 Å². The maximum absolute atomic E-state index is 12.9. The third kappa shape index (κ3) is 5.22. The van der Waals surface area contributed by atoms with E-state index in [1.165, 1.54) is 7.11 Å². The zero-order valence-corrected chi connectivity index (χ0v) is 17.3. The molecule has 0 bridgehead atoms. The molecule has 2 amide bonds. The van der Waals surface area contributed by atoms with Gasteiger partial charge >= 0.3 is 0 Å². The number of methoxy groups -OCH3 is 1. The number of anilines is 1. The van der Waals surface area contributed by atoms with Gasteiger partial charge in [0, 0.05) is 29.7 Å². The Bertz CT molecular complexity index is 948. The first-order valence-electron chi connectivity index (χ1n) is 9.55. The van der Waals surface area contributed by atoms with Crippen molar-refractivity contribution < 1.29 is 19.1 Å². The van der Waals surface area contributed by atoms with E-state index in [1.54, 1.807) is 47.4 Å². The highest BCUT2D eigenvalue weighted by Gasteiger charge is 2.29. The van der Waals surface area contributed by atoms with Gasteiger partial charge in [-0.1, -0.05) is 11.6 Å². The Hall–Kier alpha value is -3.24. The molecule has 0 aromatic heterocycles. The van der Waals surface area contributed by atoms with E-state index >= 15 is 0 Å². The van der Waals surface area contributed by atoms with Crippen molar-refractivity contribution in [3.8, 4) is 17.6 Å². The van der Waals surface area contributed by atoms with Crippen LogP contribution in [0, 0.1) is 17.2 Å². The molecule has 0 aliphatic carbocycles. The van der Waals surface area contributed by atoms with Crippen molar-refractivity contribution in [2.24, 2.45) is 5.92 Å². The lowest BCUT2D eigenvalue weighted by molar-refractivity contribution is -0.121. The van der Waals surface area contributed by atoms with E-state index in [-0.39, 0.29) is 24.3 Å². The van der Waals surface area contributed by atoms with Gasteiger partial charge in [-0.15, -0.1) is 0 Å². The Morgan fingerprint density at radius 2 is 1.90 bits per heavy atom. The van der Waals surface area contributed by atoms with Gasteiger partial charge in [-0.2, -0.15) is 5.26 Å². The van der Waals surface area contributed by atoms with Crippen LogP contribution in [0.1, 0.15) is 23.2 Å². The van der Waals surface area contributed by atoms with E-state index in [4.69, 9.17) is 26.3 Å². The smallest absolute Gasteiger partial charge is 0.257 e. The topological polar surface area (TPSA) is 91.7 Å². The summed E-state index contributed by atoms with van der Waals surface area (Å²) in [6.07, 6.45) is 1.15. The minimum absolute atomic E-state index is 0.0237. The van der Waals surface area contributed by atoms with E-state index < -0.39 is 0 Å². The van der Waals surface area contributed by atoms with Crippen molar-refractivity contribution in [2.75, 3.05) is 32.1 Å². The second kappa shape index (κ2) is 9.99. The Morgan fingerprint density at radius 1 is 1.20 bits per heavy atom. The van der Waals surface area contributed by atoms with Crippen LogP contribution in [0.3, 0.4) is 0 Å². The fourth-order valence-electron chi connectivity index (χ4n) is 3.36. The summed E-state index contributed by atoms with van der Waals surface area (Å²) < 4.78 is 10.5. The minimum atomic E-state index is -0.176. The largest absolute Gasteiger partial charge is 0.496 e. The van der Waals surface area contributed by atoms with Crippen LogP contribution in [0.25, 0.3) is 0 Å². The van der Waals surface area contributed by atoms with Crippen LogP contribution in [0.4, 0.5) is 5.69 Å². The van der Waals surface area contributed by atoms with Gasteiger partial charge in [-0.05, 0) is 55.3 Å². The number of carbonyl (C=O) groups excluding carboxylic acids is 2. The van der Waals surface area contributed by atoms with Crippen LogP contribution in [0.2, 0.25) is 5.02 Å². The van der Waals surface area contributed by atoms with E-state index in [2.05, 4.69) is 5.32 Å². The van der Waals surface area contributed by atoms with Crippen LogP contribution in [0.15, 0.2) is 42.5 Å². The zero-order chi connectivity index (χ0) is 21.5. The highest BCUT2D eigenvalue weighted by Crippen LogP contribution is 2.27. The first kappa shape index (κ1) is 21.5. The van der Waals surface area contributed by atoms with Gasteiger partial charge in [0.1, 0.15) is 17.6 Å². The number of halogens is 1. The number of amides is 2. The predicted molar refractivity (Wildman–Crippen MR) is 113 cm³/mol. The molecule has 1 N–H and O–H groups in total. The van der Waals surface area contributed by atoms with Crippen molar-refractivity contribution in [3.05, 3.63) is 53.1 Å². The van der Waals surface area contributed by atoms with Crippen LogP contribution in [-0.2, 0) is 4.79 Å². The summed E-state index contributed by atoms with van der Waals surface area (Å²) in [7, 11) is 1.51. The molecule has 8 heteroatoms. The van der Waals surface area contributed by atoms with E-state index in [0.717, 1.165) is 0 Å².